The maximum absolute atomic E-state index is 11.9. The van der Waals surface area contributed by atoms with Gasteiger partial charge in [-0.15, -0.1) is 0 Å². The van der Waals surface area contributed by atoms with E-state index in [9.17, 15) is 4.79 Å². The molecule has 0 aliphatic carbocycles. The predicted molar refractivity (Wildman–Crippen MR) is 96.0 cm³/mol. The van der Waals surface area contributed by atoms with Crippen LogP contribution >= 0.6 is 0 Å². The van der Waals surface area contributed by atoms with Crippen molar-refractivity contribution in [1.82, 2.24) is 20.2 Å². The van der Waals surface area contributed by atoms with Crippen LogP contribution in [0.3, 0.4) is 0 Å². The van der Waals surface area contributed by atoms with Crippen LogP contribution in [0.5, 0.6) is 0 Å². The maximum atomic E-state index is 11.9. The molecule has 0 aliphatic rings. The van der Waals surface area contributed by atoms with Gasteiger partial charge in [0.1, 0.15) is 5.82 Å². The van der Waals surface area contributed by atoms with E-state index in [1.807, 2.05) is 37.5 Å². The summed E-state index contributed by atoms with van der Waals surface area (Å²) in [5.74, 6) is 1.17. The standard InChI is InChI=1S/C17H24N6O/c1-14-5-6-15(21-13-14)22-16(24)7-8-19-17(18-2)20-9-12-23-10-3-4-11-23/h3-6,10-11,13H,7-9,12H2,1-2H3,(H2,18,19,20)(H,21,22,24). The fourth-order valence-electron chi connectivity index (χ4n) is 2.08. The van der Waals surface area contributed by atoms with Crippen LogP contribution in [0.1, 0.15) is 12.0 Å². The highest BCUT2D eigenvalue weighted by Crippen LogP contribution is 2.03. The van der Waals surface area contributed by atoms with E-state index < -0.39 is 0 Å². The minimum absolute atomic E-state index is 0.0818. The minimum atomic E-state index is -0.0818. The topological polar surface area (TPSA) is 83.3 Å². The number of aromatic nitrogens is 2. The van der Waals surface area contributed by atoms with Gasteiger partial charge in [-0.25, -0.2) is 4.98 Å². The molecule has 0 atom stereocenters. The molecule has 0 aromatic carbocycles. The summed E-state index contributed by atoms with van der Waals surface area (Å²) >= 11 is 0. The van der Waals surface area contributed by atoms with Crippen molar-refractivity contribution < 1.29 is 4.79 Å². The quantitative estimate of drug-likeness (QED) is 0.530. The van der Waals surface area contributed by atoms with E-state index in [-0.39, 0.29) is 5.91 Å². The monoisotopic (exact) mass is 328 g/mol. The summed E-state index contributed by atoms with van der Waals surface area (Å²) in [6.07, 6.45) is 6.10. The molecule has 0 fully saturated rings. The van der Waals surface area contributed by atoms with E-state index >= 15 is 0 Å². The van der Waals surface area contributed by atoms with E-state index in [0.717, 1.165) is 18.7 Å². The van der Waals surface area contributed by atoms with Gasteiger partial charge in [-0.2, -0.15) is 0 Å². The summed E-state index contributed by atoms with van der Waals surface area (Å²) in [6, 6.07) is 7.70. The number of guanidine groups is 1. The third kappa shape index (κ3) is 6.12. The lowest BCUT2D eigenvalue weighted by Crippen LogP contribution is -2.40. The van der Waals surface area contributed by atoms with Gasteiger partial charge in [-0.3, -0.25) is 9.79 Å². The summed E-state index contributed by atoms with van der Waals surface area (Å²) in [4.78, 5) is 20.2. The van der Waals surface area contributed by atoms with Crippen LogP contribution in [0.25, 0.3) is 0 Å². The number of nitrogens with one attached hydrogen (secondary N) is 3. The highest BCUT2D eigenvalue weighted by Gasteiger charge is 2.04. The molecular weight excluding hydrogens is 304 g/mol. The molecule has 0 spiro atoms. The lowest BCUT2D eigenvalue weighted by molar-refractivity contribution is -0.116. The third-order valence-corrected chi connectivity index (χ3v) is 3.38. The molecule has 2 heterocycles. The molecule has 2 aromatic rings. The fraction of sp³-hybridized carbons (Fsp3) is 0.353. The zero-order valence-electron chi connectivity index (χ0n) is 14.1. The van der Waals surface area contributed by atoms with Crippen molar-refractivity contribution in [3.63, 3.8) is 0 Å². The highest BCUT2D eigenvalue weighted by atomic mass is 16.1. The van der Waals surface area contributed by atoms with Crippen molar-refractivity contribution in [3.05, 3.63) is 48.4 Å². The summed E-state index contributed by atoms with van der Waals surface area (Å²) in [5.41, 5.74) is 1.06. The van der Waals surface area contributed by atoms with Crippen LogP contribution in [0.4, 0.5) is 5.82 Å². The van der Waals surface area contributed by atoms with Crippen molar-refractivity contribution in [2.45, 2.75) is 19.9 Å². The number of aryl methyl sites for hydroxylation is 1. The molecule has 2 rings (SSSR count). The largest absolute Gasteiger partial charge is 0.356 e. The minimum Gasteiger partial charge on any atom is -0.356 e. The highest BCUT2D eigenvalue weighted by molar-refractivity contribution is 5.90. The van der Waals surface area contributed by atoms with Gasteiger partial charge >= 0.3 is 0 Å². The van der Waals surface area contributed by atoms with E-state index in [4.69, 9.17) is 0 Å². The normalized spacial score (nSPS) is 11.2. The molecule has 1 amide bonds. The van der Waals surface area contributed by atoms with E-state index in [2.05, 4.69) is 30.5 Å². The first kappa shape index (κ1) is 17.5. The van der Waals surface area contributed by atoms with Crippen molar-refractivity contribution in [2.75, 3.05) is 25.5 Å². The third-order valence-electron chi connectivity index (χ3n) is 3.38. The Morgan fingerprint density at radius 3 is 2.62 bits per heavy atom. The first-order chi connectivity index (χ1) is 11.7. The number of pyridine rings is 1. The van der Waals surface area contributed by atoms with Crippen LogP contribution in [0.15, 0.2) is 47.8 Å². The summed E-state index contributed by atoms with van der Waals surface area (Å²) in [5, 5.41) is 9.10. The van der Waals surface area contributed by atoms with Crippen LogP contribution in [-0.2, 0) is 11.3 Å². The molecule has 7 nitrogen and oxygen atoms in total. The molecule has 128 valence electrons. The van der Waals surface area contributed by atoms with Gasteiger partial charge in [0, 0.05) is 51.7 Å². The molecule has 2 aromatic heterocycles. The zero-order valence-corrected chi connectivity index (χ0v) is 14.1. The van der Waals surface area contributed by atoms with Crippen LogP contribution in [0.2, 0.25) is 0 Å². The zero-order chi connectivity index (χ0) is 17.2. The molecule has 0 aliphatic heterocycles. The second kappa shape index (κ2) is 9.34. The van der Waals surface area contributed by atoms with E-state index in [0.29, 0.717) is 24.7 Å². The fourth-order valence-corrected chi connectivity index (χ4v) is 2.08. The molecule has 0 unspecified atom stereocenters. The van der Waals surface area contributed by atoms with Crippen molar-refractivity contribution in [2.24, 2.45) is 4.99 Å². The number of rotatable bonds is 7. The molecule has 0 saturated carbocycles. The van der Waals surface area contributed by atoms with Gasteiger partial charge in [0.05, 0.1) is 0 Å². The second-order valence-corrected chi connectivity index (χ2v) is 5.37. The predicted octanol–water partition coefficient (Wildman–Crippen LogP) is 1.39. The lowest BCUT2D eigenvalue weighted by atomic mass is 10.3. The Morgan fingerprint density at radius 2 is 1.96 bits per heavy atom. The lowest BCUT2D eigenvalue weighted by Gasteiger charge is -2.12. The molecule has 24 heavy (non-hydrogen) atoms. The molecule has 0 bridgehead atoms. The Bertz CT molecular complexity index is 648. The average molecular weight is 328 g/mol. The second-order valence-electron chi connectivity index (χ2n) is 5.37. The van der Waals surface area contributed by atoms with Crippen molar-refractivity contribution >= 4 is 17.7 Å². The average Bonchev–Trinajstić information content (AvgIpc) is 3.09. The molecule has 0 saturated heterocycles. The Labute approximate surface area is 142 Å². The van der Waals surface area contributed by atoms with Gasteiger partial charge in [-0.1, -0.05) is 6.07 Å². The number of carbonyl (C=O) groups excluding carboxylic acids is 1. The number of carbonyl (C=O) groups is 1. The summed E-state index contributed by atoms with van der Waals surface area (Å²) in [6.45, 7) is 4.07. The van der Waals surface area contributed by atoms with Gasteiger partial charge < -0.3 is 20.5 Å². The molecule has 0 radical (unpaired) electrons. The van der Waals surface area contributed by atoms with Gasteiger partial charge in [-0.05, 0) is 30.7 Å². The number of aliphatic imine (C=N–C) groups is 1. The first-order valence-electron chi connectivity index (χ1n) is 7.95. The Morgan fingerprint density at radius 1 is 1.21 bits per heavy atom. The van der Waals surface area contributed by atoms with Gasteiger partial charge in [0.25, 0.3) is 0 Å². The summed E-state index contributed by atoms with van der Waals surface area (Å²) < 4.78 is 2.09. The first-order valence-corrected chi connectivity index (χ1v) is 7.95. The van der Waals surface area contributed by atoms with Crippen LogP contribution in [-0.4, -0.2) is 41.6 Å². The van der Waals surface area contributed by atoms with Crippen molar-refractivity contribution in [3.8, 4) is 0 Å². The summed E-state index contributed by atoms with van der Waals surface area (Å²) in [7, 11) is 1.71. The Hall–Kier alpha value is -2.83. The Balaban J connectivity index is 1.63. The molecular formula is C17H24N6O. The number of anilines is 1. The number of amides is 1. The van der Waals surface area contributed by atoms with Crippen molar-refractivity contribution in [1.29, 1.82) is 0 Å². The Kier molecular flexibility index (Phi) is 6.82. The SMILES string of the molecule is CN=C(NCCC(=O)Nc1ccc(C)cn1)NCCn1cccc1. The van der Waals surface area contributed by atoms with E-state index in [1.165, 1.54) is 0 Å². The maximum Gasteiger partial charge on any atom is 0.227 e. The number of hydrogen-bond donors (Lipinski definition) is 3. The molecule has 7 heteroatoms. The smallest absolute Gasteiger partial charge is 0.227 e. The van der Waals surface area contributed by atoms with Crippen LogP contribution < -0.4 is 16.0 Å². The van der Waals surface area contributed by atoms with E-state index in [1.54, 1.807) is 19.3 Å². The van der Waals surface area contributed by atoms with Gasteiger partial charge in [0.2, 0.25) is 5.91 Å². The number of nitrogens with zero attached hydrogens (tertiary/aromatic N) is 3. The van der Waals surface area contributed by atoms with Gasteiger partial charge in [0.15, 0.2) is 5.96 Å². The number of hydrogen-bond acceptors (Lipinski definition) is 3. The molecule has 3 N–H and O–H groups in total. The van der Waals surface area contributed by atoms with Crippen LogP contribution in [0, 0.1) is 6.92 Å².